The predicted octanol–water partition coefficient (Wildman–Crippen LogP) is 3.22. The summed E-state index contributed by atoms with van der Waals surface area (Å²) in [6.07, 6.45) is 3.45. The van der Waals surface area contributed by atoms with Crippen LogP contribution in [0.25, 0.3) is 0 Å². The summed E-state index contributed by atoms with van der Waals surface area (Å²) in [6, 6.07) is 13.3. The van der Waals surface area contributed by atoms with Crippen LogP contribution in [-0.4, -0.2) is 18.2 Å². The molecule has 0 radical (unpaired) electrons. The molecule has 1 aliphatic heterocycles. The Morgan fingerprint density at radius 3 is 2.88 bits per heavy atom. The minimum Gasteiger partial charge on any atom is -0.271 e. The lowest BCUT2D eigenvalue weighted by atomic mass is 9.77. The molecule has 1 fully saturated rings. The van der Waals surface area contributed by atoms with Gasteiger partial charge in [0.2, 0.25) is 0 Å². The molecule has 2 aromatic rings. The first-order chi connectivity index (χ1) is 12.6. The number of nitrogens with one attached hydrogen (secondary N) is 3. The fraction of sp³-hybridized carbons (Fsp3) is 0.263. The summed E-state index contributed by atoms with van der Waals surface area (Å²) in [7, 11) is 0. The Bertz CT molecular complexity index is 870. The summed E-state index contributed by atoms with van der Waals surface area (Å²) < 4.78 is 0. The molecule has 0 saturated carbocycles. The van der Waals surface area contributed by atoms with Gasteiger partial charge in [-0.05, 0) is 36.1 Å². The molecule has 1 aliphatic carbocycles. The number of halogens is 2. The standard InChI is InChI=1S/C19H18Cl2N4O/c20-13-7-5-12(16(21)9-13)10-22-25-19(26)18-15-8-6-11-3-1-2-4-14(11)17(15)23-24-18/h1-5,7,9-10,15,17-18,23-24H,6,8H2,(H,25,26)/b22-10+. The highest BCUT2D eigenvalue weighted by Crippen LogP contribution is 2.38. The fourth-order valence-corrected chi connectivity index (χ4v) is 4.17. The number of carbonyl (C=O) groups excluding carboxylic acids is 1. The van der Waals surface area contributed by atoms with E-state index in [1.165, 1.54) is 17.3 Å². The van der Waals surface area contributed by atoms with Gasteiger partial charge in [-0.2, -0.15) is 5.10 Å². The van der Waals surface area contributed by atoms with Crippen LogP contribution in [0.3, 0.4) is 0 Å². The van der Waals surface area contributed by atoms with Gasteiger partial charge >= 0.3 is 0 Å². The number of carbonyl (C=O) groups is 1. The molecular weight excluding hydrogens is 371 g/mol. The third-order valence-corrected chi connectivity index (χ3v) is 5.57. The number of hydrogen-bond acceptors (Lipinski definition) is 4. The van der Waals surface area contributed by atoms with Gasteiger partial charge in [-0.15, -0.1) is 0 Å². The summed E-state index contributed by atoms with van der Waals surface area (Å²) in [4.78, 5) is 12.6. The van der Waals surface area contributed by atoms with Crippen LogP contribution in [0.15, 0.2) is 47.6 Å². The zero-order valence-corrected chi connectivity index (χ0v) is 15.4. The molecule has 0 spiro atoms. The van der Waals surface area contributed by atoms with Gasteiger partial charge in [-0.1, -0.05) is 53.5 Å². The van der Waals surface area contributed by atoms with Gasteiger partial charge in [0.25, 0.3) is 5.91 Å². The number of nitrogens with zero attached hydrogens (tertiary/aromatic N) is 1. The van der Waals surface area contributed by atoms with Gasteiger partial charge in [0.05, 0.1) is 17.3 Å². The number of hydrazine groups is 1. The zero-order valence-electron chi connectivity index (χ0n) is 13.9. The van der Waals surface area contributed by atoms with Crippen LogP contribution in [0.4, 0.5) is 0 Å². The monoisotopic (exact) mass is 388 g/mol. The Hall–Kier alpha value is -1.92. The molecule has 1 saturated heterocycles. The average Bonchev–Trinajstić information content (AvgIpc) is 3.08. The van der Waals surface area contributed by atoms with Gasteiger partial charge in [-0.25, -0.2) is 16.3 Å². The molecule has 134 valence electrons. The summed E-state index contributed by atoms with van der Waals surface area (Å²) in [5.74, 6) is 0.0323. The first kappa shape index (κ1) is 17.5. The molecule has 5 nitrogen and oxygen atoms in total. The van der Waals surface area contributed by atoms with E-state index in [0.717, 1.165) is 12.8 Å². The summed E-state index contributed by atoms with van der Waals surface area (Å²) >= 11 is 12.0. The molecule has 2 aromatic carbocycles. The first-order valence-electron chi connectivity index (χ1n) is 8.50. The van der Waals surface area contributed by atoms with Crippen LogP contribution < -0.4 is 16.3 Å². The topological polar surface area (TPSA) is 65.5 Å². The van der Waals surface area contributed by atoms with Gasteiger partial charge in [0.15, 0.2) is 0 Å². The summed E-state index contributed by atoms with van der Waals surface area (Å²) in [5, 5.41) is 5.08. The van der Waals surface area contributed by atoms with Gasteiger partial charge in [-0.3, -0.25) is 4.79 Å². The van der Waals surface area contributed by atoms with Crippen molar-refractivity contribution < 1.29 is 4.79 Å². The van der Waals surface area contributed by atoms with Crippen LogP contribution in [0.2, 0.25) is 10.0 Å². The maximum atomic E-state index is 12.6. The molecule has 2 aliphatic rings. The lowest BCUT2D eigenvalue weighted by molar-refractivity contribution is -0.123. The molecule has 3 unspecified atom stereocenters. The number of rotatable bonds is 3. The molecule has 0 aromatic heterocycles. The third-order valence-electron chi connectivity index (χ3n) is 5.01. The molecule has 4 rings (SSSR count). The van der Waals surface area contributed by atoms with E-state index in [0.29, 0.717) is 15.6 Å². The van der Waals surface area contributed by atoms with Crippen LogP contribution in [0.5, 0.6) is 0 Å². The lowest BCUT2D eigenvalue weighted by Crippen LogP contribution is -2.44. The number of fused-ring (bicyclic) bond motifs is 3. The average molecular weight is 389 g/mol. The van der Waals surface area contributed by atoms with Gasteiger partial charge in [0.1, 0.15) is 6.04 Å². The van der Waals surface area contributed by atoms with Crippen LogP contribution >= 0.6 is 23.2 Å². The lowest BCUT2D eigenvalue weighted by Gasteiger charge is -2.29. The van der Waals surface area contributed by atoms with Crippen molar-refractivity contribution in [2.75, 3.05) is 0 Å². The largest absolute Gasteiger partial charge is 0.271 e. The highest BCUT2D eigenvalue weighted by molar-refractivity contribution is 6.36. The molecule has 1 heterocycles. The Labute approximate surface area is 161 Å². The number of hydrogen-bond donors (Lipinski definition) is 3. The van der Waals surface area contributed by atoms with E-state index in [-0.39, 0.29) is 23.9 Å². The Morgan fingerprint density at radius 2 is 2.04 bits per heavy atom. The van der Waals surface area contributed by atoms with Crippen molar-refractivity contribution in [3.63, 3.8) is 0 Å². The Morgan fingerprint density at radius 1 is 1.19 bits per heavy atom. The highest BCUT2D eigenvalue weighted by Gasteiger charge is 2.43. The molecule has 3 N–H and O–H groups in total. The molecular formula is C19H18Cl2N4O. The maximum absolute atomic E-state index is 12.6. The van der Waals surface area contributed by atoms with Crippen molar-refractivity contribution >= 4 is 35.3 Å². The van der Waals surface area contributed by atoms with Gasteiger partial charge < -0.3 is 0 Å². The highest BCUT2D eigenvalue weighted by atomic mass is 35.5. The van der Waals surface area contributed by atoms with Crippen molar-refractivity contribution in [2.24, 2.45) is 11.0 Å². The second kappa shape index (κ2) is 7.37. The summed E-state index contributed by atoms with van der Waals surface area (Å²) in [6.45, 7) is 0. The smallest absolute Gasteiger partial charge is 0.258 e. The fourth-order valence-electron chi connectivity index (χ4n) is 3.72. The number of hydrazone groups is 1. The quantitative estimate of drug-likeness (QED) is 0.558. The van der Waals surface area contributed by atoms with Crippen molar-refractivity contribution in [3.8, 4) is 0 Å². The Kier molecular flexibility index (Phi) is 4.96. The SMILES string of the molecule is O=C(N/N=C/c1ccc(Cl)cc1Cl)C1NNC2c3ccccc3CCC12. The Balaban J connectivity index is 1.43. The van der Waals surface area contributed by atoms with E-state index < -0.39 is 0 Å². The minimum atomic E-state index is -0.328. The van der Waals surface area contributed by atoms with Crippen LogP contribution in [0.1, 0.15) is 29.2 Å². The first-order valence-corrected chi connectivity index (χ1v) is 9.26. The summed E-state index contributed by atoms with van der Waals surface area (Å²) in [5.41, 5.74) is 12.3. The van der Waals surface area contributed by atoms with E-state index in [4.69, 9.17) is 23.2 Å². The van der Waals surface area contributed by atoms with Crippen molar-refractivity contribution in [3.05, 3.63) is 69.2 Å². The number of aryl methyl sites for hydroxylation is 1. The molecule has 1 amide bonds. The second-order valence-corrected chi connectivity index (χ2v) is 7.39. The second-order valence-electron chi connectivity index (χ2n) is 6.55. The van der Waals surface area contributed by atoms with E-state index in [9.17, 15) is 4.79 Å². The van der Waals surface area contributed by atoms with Gasteiger partial charge in [0, 0.05) is 16.5 Å². The maximum Gasteiger partial charge on any atom is 0.258 e. The van der Waals surface area contributed by atoms with E-state index >= 15 is 0 Å². The van der Waals surface area contributed by atoms with E-state index in [1.807, 2.05) is 6.07 Å². The zero-order chi connectivity index (χ0) is 18.1. The van der Waals surface area contributed by atoms with Crippen molar-refractivity contribution in [2.45, 2.75) is 24.9 Å². The number of benzene rings is 2. The third kappa shape index (κ3) is 3.35. The molecule has 0 bridgehead atoms. The predicted molar refractivity (Wildman–Crippen MR) is 103 cm³/mol. The molecule has 3 atom stereocenters. The van der Waals surface area contributed by atoms with E-state index in [1.54, 1.807) is 18.2 Å². The van der Waals surface area contributed by atoms with Crippen molar-refractivity contribution in [1.29, 1.82) is 0 Å². The van der Waals surface area contributed by atoms with Crippen LogP contribution in [-0.2, 0) is 11.2 Å². The minimum absolute atomic E-state index is 0.144. The van der Waals surface area contributed by atoms with Crippen LogP contribution in [0, 0.1) is 5.92 Å². The molecule has 7 heteroatoms. The normalized spacial score (nSPS) is 24.3. The molecule has 26 heavy (non-hydrogen) atoms. The van der Waals surface area contributed by atoms with Crippen molar-refractivity contribution in [1.82, 2.24) is 16.3 Å². The van der Waals surface area contributed by atoms with E-state index in [2.05, 4.69) is 39.6 Å². The number of amides is 1.